The number of carboxylic acid groups (broad SMARTS) is 1. The van der Waals surface area contributed by atoms with Crippen LogP contribution in [0.3, 0.4) is 0 Å². The maximum absolute atomic E-state index is 12.1. The SMILES string of the molecule is CCCCCC(=O)CCCCCC(=O)N[C@@H](C)C(=O)N[C@H](CCC(=O)O)C(N)=O. The Morgan fingerprint density at radius 2 is 1.45 bits per heavy atom. The fourth-order valence-corrected chi connectivity index (χ4v) is 2.71. The number of nitrogens with one attached hydrogen (secondary N) is 2. The Bertz CT molecular complexity index is 564. The predicted molar refractivity (Wildman–Crippen MR) is 108 cm³/mol. The lowest BCUT2D eigenvalue weighted by atomic mass is 10.1. The van der Waals surface area contributed by atoms with E-state index in [0.717, 1.165) is 32.1 Å². The summed E-state index contributed by atoms with van der Waals surface area (Å²) >= 11 is 0. The molecule has 0 unspecified atom stereocenters. The first-order chi connectivity index (χ1) is 13.7. The molecular weight excluding hydrogens is 378 g/mol. The number of nitrogens with two attached hydrogens (primary N) is 1. The summed E-state index contributed by atoms with van der Waals surface area (Å²) in [6.07, 6.45) is 6.18. The van der Waals surface area contributed by atoms with Crippen LogP contribution in [-0.2, 0) is 24.0 Å². The highest BCUT2D eigenvalue weighted by molar-refractivity contribution is 5.91. The molecule has 2 atom stereocenters. The van der Waals surface area contributed by atoms with E-state index in [1.54, 1.807) is 0 Å². The minimum atomic E-state index is -1.10. The Morgan fingerprint density at radius 3 is 2.00 bits per heavy atom. The third-order valence-electron chi connectivity index (χ3n) is 4.50. The average molecular weight is 414 g/mol. The molecule has 0 saturated carbocycles. The number of carbonyl (C=O) groups excluding carboxylic acids is 4. The highest BCUT2D eigenvalue weighted by atomic mass is 16.4. The smallest absolute Gasteiger partial charge is 0.303 e. The second-order valence-electron chi connectivity index (χ2n) is 7.24. The third kappa shape index (κ3) is 14.2. The summed E-state index contributed by atoms with van der Waals surface area (Å²) in [6.45, 7) is 3.56. The van der Waals surface area contributed by atoms with E-state index in [4.69, 9.17) is 10.8 Å². The second kappa shape index (κ2) is 15.5. The van der Waals surface area contributed by atoms with Gasteiger partial charge in [-0.1, -0.05) is 26.2 Å². The van der Waals surface area contributed by atoms with Crippen LogP contribution in [0.15, 0.2) is 0 Å². The molecule has 0 aromatic heterocycles. The van der Waals surface area contributed by atoms with Crippen LogP contribution in [0.1, 0.15) is 84.5 Å². The molecule has 0 bridgehead atoms. The normalized spacial score (nSPS) is 12.6. The quantitative estimate of drug-likeness (QED) is 0.264. The summed E-state index contributed by atoms with van der Waals surface area (Å²) in [5, 5.41) is 13.6. The zero-order valence-corrected chi connectivity index (χ0v) is 17.5. The van der Waals surface area contributed by atoms with E-state index in [-0.39, 0.29) is 31.0 Å². The Balaban J connectivity index is 4.07. The van der Waals surface area contributed by atoms with Crippen molar-refractivity contribution in [2.75, 3.05) is 0 Å². The number of carboxylic acids is 1. The van der Waals surface area contributed by atoms with E-state index in [1.807, 2.05) is 0 Å². The van der Waals surface area contributed by atoms with Crippen molar-refractivity contribution in [1.82, 2.24) is 10.6 Å². The standard InChI is InChI=1S/C20H35N3O6/c1-3-4-6-9-15(24)10-7-5-8-11-17(25)22-14(2)20(29)23-16(19(21)28)12-13-18(26)27/h14,16H,3-13H2,1-2H3,(H2,21,28)(H,22,25)(H,23,29)(H,26,27)/t14-,16+/m0/s1. The lowest BCUT2D eigenvalue weighted by Crippen LogP contribution is -2.51. The number of hydrogen-bond donors (Lipinski definition) is 4. The minimum Gasteiger partial charge on any atom is -0.481 e. The molecule has 0 aliphatic rings. The van der Waals surface area contributed by atoms with Crippen molar-refractivity contribution < 1.29 is 29.1 Å². The van der Waals surface area contributed by atoms with Gasteiger partial charge in [-0.15, -0.1) is 0 Å². The van der Waals surface area contributed by atoms with Gasteiger partial charge >= 0.3 is 5.97 Å². The van der Waals surface area contributed by atoms with Gasteiger partial charge in [0, 0.05) is 25.7 Å². The number of ketones is 1. The van der Waals surface area contributed by atoms with Gasteiger partial charge in [-0.05, 0) is 32.6 Å². The summed E-state index contributed by atoms with van der Waals surface area (Å²) < 4.78 is 0. The van der Waals surface area contributed by atoms with Crippen molar-refractivity contribution in [3.05, 3.63) is 0 Å². The molecule has 0 aliphatic heterocycles. The number of rotatable bonds is 17. The predicted octanol–water partition coefficient (Wildman–Crippen LogP) is 1.43. The monoisotopic (exact) mass is 413 g/mol. The van der Waals surface area contributed by atoms with Crippen molar-refractivity contribution in [2.24, 2.45) is 5.73 Å². The largest absolute Gasteiger partial charge is 0.481 e. The summed E-state index contributed by atoms with van der Waals surface area (Å²) in [7, 11) is 0. The van der Waals surface area contributed by atoms with E-state index in [0.29, 0.717) is 19.3 Å². The molecule has 0 radical (unpaired) electrons. The fourth-order valence-electron chi connectivity index (χ4n) is 2.71. The molecule has 0 aliphatic carbocycles. The molecule has 29 heavy (non-hydrogen) atoms. The lowest BCUT2D eigenvalue weighted by molar-refractivity contribution is -0.137. The number of primary amides is 1. The van der Waals surface area contributed by atoms with Gasteiger partial charge < -0.3 is 21.5 Å². The number of unbranched alkanes of at least 4 members (excludes halogenated alkanes) is 4. The summed E-state index contributed by atoms with van der Waals surface area (Å²) in [5.41, 5.74) is 5.16. The lowest BCUT2D eigenvalue weighted by Gasteiger charge is -2.19. The molecule has 9 heteroatoms. The second-order valence-corrected chi connectivity index (χ2v) is 7.24. The van der Waals surface area contributed by atoms with Crippen LogP contribution in [-0.4, -0.2) is 46.7 Å². The van der Waals surface area contributed by atoms with Gasteiger partial charge in [-0.2, -0.15) is 0 Å². The molecule has 3 amide bonds. The topological polar surface area (TPSA) is 156 Å². The van der Waals surface area contributed by atoms with Gasteiger partial charge in [0.1, 0.15) is 17.9 Å². The molecule has 0 heterocycles. The molecular formula is C20H35N3O6. The average Bonchev–Trinajstić information content (AvgIpc) is 2.64. The number of amides is 3. The van der Waals surface area contributed by atoms with Gasteiger partial charge in [0.2, 0.25) is 17.7 Å². The van der Waals surface area contributed by atoms with Gasteiger partial charge in [-0.3, -0.25) is 24.0 Å². The van der Waals surface area contributed by atoms with Crippen molar-refractivity contribution in [3.8, 4) is 0 Å². The highest BCUT2D eigenvalue weighted by Crippen LogP contribution is 2.08. The molecule has 9 nitrogen and oxygen atoms in total. The molecule has 5 N–H and O–H groups in total. The highest BCUT2D eigenvalue weighted by Gasteiger charge is 2.23. The van der Waals surface area contributed by atoms with Gasteiger partial charge in [0.05, 0.1) is 0 Å². The number of aliphatic carboxylic acids is 1. The first-order valence-corrected chi connectivity index (χ1v) is 10.3. The Kier molecular flexibility index (Phi) is 14.2. The van der Waals surface area contributed by atoms with E-state index in [1.165, 1.54) is 6.92 Å². The zero-order chi connectivity index (χ0) is 22.2. The van der Waals surface area contributed by atoms with E-state index in [2.05, 4.69) is 17.6 Å². The van der Waals surface area contributed by atoms with Gasteiger partial charge in [0.15, 0.2) is 0 Å². The first-order valence-electron chi connectivity index (χ1n) is 10.3. The van der Waals surface area contributed by atoms with Crippen LogP contribution in [0.5, 0.6) is 0 Å². The molecule has 0 saturated heterocycles. The minimum absolute atomic E-state index is 0.117. The molecule has 0 fully saturated rings. The van der Waals surface area contributed by atoms with Crippen LogP contribution in [0, 0.1) is 0 Å². The zero-order valence-electron chi connectivity index (χ0n) is 17.5. The number of carbonyl (C=O) groups is 5. The Hall–Kier alpha value is -2.45. The van der Waals surface area contributed by atoms with Crippen molar-refractivity contribution >= 4 is 29.5 Å². The van der Waals surface area contributed by atoms with Crippen LogP contribution < -0.4 is 16.4 Å². The molecule has 0 aromatic carbocycles. The first kappa shape index (κ1) is 26.6. The number of Topliss-reactive ketones (excluding diaryl/α,β-unsaturated/α-hetero) is 1. The van der Waals surface area contributed by atoms with Crippen LogP contribution >= 0.6 is 0 Å². The van der Waals surface area contributed by atoms with Crippen molar-refractivity contribution in [3.63, 3.8) is 0 Å². The fraction of sp³-hybridized carbons (Fsp3) is 0.750. The van der Waals surface area contributed by atoms with E-state index in [9.17, 15) is 24.0 Å². The molecule has 0 spiro atoms. The number of hydrogen-bond acceptors (Lipinski definition) is 5. The van der Waals surface area contributed by atoms with Crippen LogP contribution in [0.2, 0.25) is 0 Å². The van der Waals surface area contributed by atoms with Crippen molar-refractivity contribution in [2.45, 2.75) is 96.6 Å². The summed E-state index contributed by atoms with van der Waals surface area (Å²) in [5.74, 6) is -2.58. The summed E-state index contributed by atoms with van der Waals surface area (Å²) in [4.78, 5) is 57.6. The molecule has 166 valence electrons. The summed E-state index contributed by atoms with van der Waals surface area (Å²) in [6, 6.07) is -1.98. The Morgan fingerprint density at radius 1 is 0.862 bits per heavy atom. The van der Waals surface area contributed by atoms with E-state index >= 15 is 0 Å². The molecule has 0 rings (SSSR count). The maximum atomic E-state index is 12.1. The van der Waals surface area contributed by atoms with Gasteiger partial charge in [-0.25, -0.2) is 0 Å². The van der Waals surface area contributed by atoms with E-state index < -0.39 is 29.9 Å². The van der Waals surface area contributed by atoms with Crippen LogP contribution in [0.4, 0.5) is 0 Å². The van der Waals surface area contributed by atoms with Crippen LogP contribution in [0.25, 0.3) is 0 Å². The maximum Gasteiger partial charge on any atom is 0.303 e. The van der Waals surface area contributed by atoms with Gasteiger partial charge in [0.25, 0.3) is 0 Å². The third-order valence-corrected chi connectivity index (χ3v) is 4.50. The van der Waals surface area contributed by atoms with Crippen molar-refractivity contribution in [1.29, 1.82) is 0 Å². The molecule has 0 aromatic rings. The Labute approximate surface area is 172 Å².